The second-order valence-corrected chi connectivity index (χ2v) is 11.4. The largest absolute Gasteiger partial charge is 0.232 e. The van der Waals surface area contributed by atoms with Crippen molar-refractivity contribution in [2.75, 3.05) is 0 Å². The first-order valence-corrected chi connectivity index (χ1v) is 13.3. The fourth-order valence-corrected chi connectivity index (χ4v) is 8.16. The predicted octanol–water partition coefficient (Wildman–Crippen LogP) is 5.03. The molecule has 36 heavy (non-hydrogen) atoms. The minimum absolute atomic E-state index is 0.0238. The maximum atomic E-state index is 9.78. The lowest BCUT2D eigenvalue weighted by Gasteiger charge is -2.29. The van der Waals surface area contributed by atoms with Crippen molar-refractivity contribution >= 4 is 28.6 Å². The number of benzene rings is 4. The second-order valence-electron chi connectivity index (χ2n) is 8.10. The van der Waals surface area contributed by atoms with Crippen LogP contribution in [0.1, 0.15) is 17.1 Å². The van der Waals surface area contributed by atoms with Crippen molar-refractivity contribution in [2.45, 2.75) is 0 Å². The standard InChI is InChI=1S/C31H21N4P/c32-21-28-29(22-33)35-31(24-13-5-1-6-14-24)30(34-28)23-36(25-15-7-2-8-16-25,26-17-9-3-10-18-26)27-19-11-4-12-20-27/h1-20,23H. The third-order valence-corrected chi connectivity index (χ3v) is 9.96. The summed E-state index contributed by atoms with van der Waals surface area (Å²) in [4.78, 5) is 9.36. The SMILES string of the molecule is N#Cc1nc(C=P(c2ccccc2)(c2ccccc2)c2ccccc2)c(-c2ccccc2)nc1C#N. The van der Waals surface area contributed by atoms with E-state index in [2.05, 4.69) is 53.2 Å². The van der Waals surface area contributed by atoms with E-state index in [9.17, 15) is 10.5 Å². The van der Waals surface area contributed by atoms with E-state index in [-0.39, 0.29) is 11.4 Å². The van der Waals surface area contributed by atoms with Gasteiger partial charge in [0, 0.05) is 5.56 Å². The van der Waals surface area contributed by atoms with Gasteiger partial charge in [0.15, 0.2) is 11.4 Å². The highest BCUT2D eigenvalue weighted by Crippen LogP contribution is 2.45. The second kappa shape index (κ2) is 10.2. The molecule has 0 saturated carbocycles. The van der Waals surface area contributed by atoms with E-state index in [1.807, 2.05) is 91.0 Å². The van der Waals surface area contributed by atoms with Crippen molar-refractivity contribution in [1.29, 1.82) is 10.5 Å². The van der Waals surface area contributed by atoms with Gasteiger partial charge in [-0.2, -0.15) is 10.5 Å². The van der Waals surface area contributed by atoms with Gasteiger partial charge in [0.1, 0.15) is 12.1 Å². The molecule has 0 unspecified atom stereocenters. The zero-order valence-corrected chi connectivity index (χ0v) is 20.3. The Morgan fingerprint density at radius 2 is 0.917 bits per heavy atom. The van der Waals surface area contributed by atoms with Gasteiger partial charge in [-0.05, 0) is 28.6 Å². The highest BCUT2D eigenvalue weighted by molar-refractivity contribution is 7.94. The number of hydrogen-bond acceptors (Lipinski definition) is 4. The van der Waals surface area contributed by atoms with E-state index >= 15 is 0 Å². The molecule has 0 aliphatic rings. The van der Waals surface area contributed by atoms with Crippen LogP contribution in [0.3, 0.4) is 0 Å². The summed E-state index contributed by atoms with van der Waals surface area (Å²) in [6.07, 6.45) is 0. The van der Waals surface area contributed by atoms with Crippen molar-refractivity contribution in [1.82, 2.24) is 9.97 Å². The molecule has 0 atom stereocenters. The Hall–Kier alpha value is -4.76. The van der Waals surface area contributed by atoms with Crippen molar-refractivity contribution in [3.05, 3.63) is 138 Å². The lowest BCUT2D eigenvalue weighted by atomic mass is 10.1. The molecule has 5 heteroatoms. The number of aromatic nitrogens is 2. The van der Waals surface area contributed by atoms with Crippen molar-refractivity contribution < 1.29 is 0 Å². The number of hydrogen-bond donors (Lipinski definition) is 0. The van der Waals surface area contributed by atoms with Crippen LogP contribution >= 0.6 is 6.89 Å². The first-order valence-electron chi connectivity index (χ1n) is 11.5. The number of rotatable bonds is 5. The van der Waals surface area contributed by atoms with E-state index in [0.29, 0.717) is 11.4 Å². The molecule has 0 aliphatic heterocycles. The van der Waals surface area contributed by atoms with Crippen LogP contribution in [0, 0.1) is 22.7 Å². The highest BCUT2D eigenvalue weighted by Gasteiger charge is 2.27. The van der Waals surface area contributed by atoms with Crippen LogP contribution in [0.25, 0.3) is 11.3 Å². The molecule has 0 aliphatic carbocycles. The molecule has 0 N–H and O–H groups in total. The first-order chi connectivity index (χ1) is 17.8. The smallest absolute Gasteiger partial charge is 0.177 e. The maximum absolute atomic E-state index is 9.78. The molecule has 0 amide bonds. The summed E-state index contributed by atoms with van der Waals surface area (Å²) in [6, 6.07) is 45.0. The first kappa shape index (κ1) is 23.0. The average Bonchev–Trinajstić information content (AvgIpc) is 2.97. The highest BCUT2D eigenvalue weighted by atomic mass is 31.2. The zero-order valence-electron chi connectivity index (χ0n) is 19.4. The van der Waals surface area contributed by atoms with Gasteiger partial charge in [-0.15, -0.1) is 0 Å². The Morgan fingerprint density at radius 1 is 0.528 bits per heavy atom. The quantitative estimate of drug-likeness (QED) is 0.331. The molecule has 1 heterocycles. The predicted molar refractivity (Wildman–Crippen MR) is 147 cm³/mol. The van der Waals surface area contributed by atoms with Gasteiger partial charge in [-0.3, -0.25) is 0 Å². The number of nitriles is 2. The third-order valence-electron chi connectivity index (χ3n) is 5.99. The van der Waals surface area contributed by atoms with Crippen LogP contribution in [0.5, 0.6) is 0 Å². The van der Waals surface area contributed by atoms with Crippen molar-refractivity contribution in [3.63, 3.8) is 0 Å². The fraction of sp³-hybridized carbons (Fsp3) is 0. The third kappa shape index (κ3) is 4.23. The molecule has 4 nitrogen and oxygen atoms in total. The Morgan fingerprint density at radius 3 is 1.33 bits per heavy atom. The van der Waals surface area contributed by atoms with Crippen LogP contribution in [0.4, 0.5) is 0 Å². The molecule has 5 rings (SSSR count). The summed E-state index contributed by atoms with van der Waals surface area (Å²) in [6.45, 7) is -2.40. The molecule has 5 aromatic rings. The summed E-state index contributed by atoms with van der Waals surface area (Å²) < 4.78 is 0. The zero-order chi connectivity index (χ0) is 24.8. The Bertz CT molecular complexity index is 1530. The summed E-state index contributed by atoms with van der Waals surface area (Å²) in [5, 5.41) is 22.9. The van der Waals surface area contributed by atoms with E-state index in [4.69, 9.17) is 4.98 Å². The fourth-order valence-electron chi connectivity index (χ4n) is 4.35. The van der Waals surface area contributed by atoms with Gasteiger partial charge < -0.3 is 0 Å². The number of nitrogens with zero attached hydrogens (tertiary/aromatic N) is 4. The van der Waals surface area contributed by atoms with Gasteiger partial charge >= 0.3 is 0 Å². The molecule has 0 spiro atoms. The topological polar surface area (TPSA) is 73.4 Å². The normalized spacial score (nSPS) is 10.7. The molecule has 0 saturated heterocycles. The van der Waals surface area contributed by atoms with Gasteiger partial charge in [0.05, 0.1) is 11.4 Å². The molecule has 1 aromatic heterocycles. The summed E-state index contributed by atoms with van der Waals surface area (Å²) in [5.41, 5.74) is 2.05. The Balaban J connectivity index is 1.97. The van der Waals surface area contributed by atoms with Crippen LogP contribution in [0.15, 0.2) is 121 Å². The maximum Gasteiger partial charge on any atom is 0.177 e. The van der Waals surface area contributed by atoms with Gasteiger partial charge in [0.2, 0.25) is 0 Å². The lowest BCUT2D eigenvalue weighted by Crippen LogP contribution is -2.27. The molecule has 0 fully saturated rings. The molecule has 0 radical (unpaired) electrons. The van der Waals surface area contributed by atoms with E-state index in [1.54, 1.807) is 0 Å². The average molecular weight is 481 g/mol. The monoisotopic (exact) mass is 480 g/mol. The molecule has 4 aromatic carbocycles. The van der Waals surface area contributed by atoms with Gasteiger partial charge in [-0.25, -0.2) is 9.97 Å². The molecule has 0 bridgehead atoms. The van der Waals surface area contributed by atoms with Crippen LogP contribution < -0.4 is 15.9 Å². The minimum Gasteiger partial charge on any atom is -0.232 e. The van der Waals surface area contributed by atoms with E-state index < -0.39 is 6.89 Å². The molecular formula is C31H21N4P. The van der Waals surface area contributed by atoms with Crippen LogP contribution in [0.2, 0.25) is 0 Å². The Kier molecular flexibility index (Phi) is 6.55. The molecular weight excluding hydrogens is 459 g/mol. The summed E-state index contributed by atoms with van der Waals surface area (Å²) in [5.74, 6) is 2.18. The van der Waals surface area contributed by atoms with E-state index in [1.165, 1.54) is 0 Å². The van der Waals surface area contributed by atoms with Crippen LogP contribution in [-0.4, -0.2) is 15.8 Å². The van der Waals surface area contributed by atoms with Gasteiger partial charge in [0.25, 0.3) is 0 Å². The summed E-state index contributed by atoms with van der Waals surface area (Å²) in [7, 11) is 0. The minimum atomic E-state index is -2.40. The Labute approximate surface area is 210 Å². The van der Waals surface area contributed by atoms with Crippen molar-refractivity contribution in [2.24, 2.45) is 0 Å². The molecule has 170 valence electrons. The lowest BCUT2D eigenvalue weighted by molar-refractivity contribution is 1.12. The summed E-state index contributed by atoms with van der Waals surface area (Å²) >= 11 is 0. The van der Waals surface area contributed by atoms with Gasteiger partial charge in [-0.1, -0.05) is 121 Å². The van der Waals surface area contributed by atoms with Crippen LogP contribution in [-0.2, 0) is 0 Å². The van der Waals surface area contributed by atoms with E-state index in [0.717, 1.165) is 21.5 Å². The van der Waals surface area contributed by atoms with Crippen molar-refractivity contribution in [3.8, 4) is 23.4 Å².